The molecule has 5 nitrogen and oxygen atoms in total. The molecule has 0 saturated carbocycles. The maximum absolute atomic E-state index is 10.7. The predicted octanol–water partition coefficient (Wildman–Crippen LogP) is 4.10. The van der Waals surface area contributed by atoms with Gasteiger partial charge in [0.1, 0.15) is 11.5 Å². The number of anilines is 1. The molecule has 0 aliphatic rings. The number of aliphatic carboxylic acids is 1. The topological polar surface area (TPSA) is 67.8 Å². The summed E-state index contributed by atoms with van der Waals surface area (Å²) >= 11 is 3.54. The molecule has 2 N–H and O–H groups in total. The van der Waals surface area contributed by atoms with Gasteiger partial charge in [-0.3, -0.25) is 4.79 Å². The second-order valence-electron chi connectivity index (χ2n) is 5.24. The van der Waals surface area contributed by atoms with Crippen molar-refractivity contribution in [3.8, 4) is 11.5 Å². The molecular formula is C18H20BrNO4. The normalized spacial score (nSPS) is 10.3. The molecular weight excluding hydrogens is 374 g/mol. The van der Waals surface area contributed by atoms with Crippen molar-refractivity contribution in [3.63, 3.8) is 0 Å². The van der Waals surface area contributed by atoms with E-state index < -0.39 is 5.97 Å². The Bertz CT molecular complexity index is 718. The lowest BCUT2D eigenvalue weighted by Gasteiger charge is -2.14. The third kappa shape index (κ3) is 4.89. The number of carboxylic acids is 1. The number of hydrogen-bond donors (Lipinski definition) is 2. The van der Waals surface area contributed by atoms with Crippen molar-refractivity contribution in [3.05, 3.63) is 52.0 Å². The van der Waals surface area contributed by atoms with E-state index in [1.807, 2.05) is 36.4 Å². The molecule has 0 amide bonds. The number of halogens is 1. The molecule has 2 aromatic rings. The summed E-state index contributed by atoms with van der Waals surface area (Å²) in [6.07, 6.45) is 0.641. The number of methoxy groups -OCH3 is 2. The number of benzene rings is 2. The molecule has 0 atom stereocenters. The highest BCUT2D eigenvalue weighted by Gasteiger charge is 2.11. The molecule has 0 unspecified atom stereocenters. The molecule has 2 aromatic carbocycles. The maximum Gasteiger partial charge on any atom is 0.303 e. The standard InChI is InChI=1S/C18H20BrNO4/c1-23-14-9-16(19)15(17(10-14)24-2)11-20-13-5-3-4-12(8-13)6-7-18(21)22/h3-5,8-10,20H,6-7,11H2,1-2H3,(H,21,22). The molecule has 0 aliphatic heterocycles. The molecule has 2 rings (SSSR count). The summed E-state index contributed by atoms with van der Waals surface area (Å²) in [5, 5.41) is 12.1. The Labute approximate surface area is 149 Å². The first-order chi connectivity index (χ1) is 11.5. The highest BCUT2D eigenvalue weighted by atomic mass is 79.9. The smallest absolute Gasteiger partial charge is 0.303 e. The van der Waals surface area contributed by atoms with Crippen LogP contribution in [0.1, 0.15) is 17.5 Å². The molecule has 0 bridgehead atoms. The van der Waals surface area contributed by atoms with Gasteiger partial charge in [0.15, 0.2) is 0 Å². The zero-order valence-electron chi connectivity index (χ0n) is 13.6. The molecule has 0 spiro atoms. The fourth-order valence-electron chi connectivity index (χ4n) is 2.34. The molecule has 0 aromatic heterocycles. The third-order valence-corrected chi connectivity index (χ3v) is 4.32. The van der Waals surface area contributed by atoms with Gasteiger partial charge in [0.05, 0.1) is 14.2 Å². The second-order valence-corrected chi connectivity index (χ2v) is 6.09. The fourth-order valence-corrected chi connectivity index (χ4v) is 2.90. The Hall–Kier alpha value is -2.21. The largest absolute Gasteiger partial charge is 0.497 e. The Morgan fingerprint density at radius 2 is 2.00 bits per heavy atom. The predicted molar refractivity (Wildman–Crippen MR) is 97.0 cm³/mol. The number of ether oxygens (including phenoxy) is 2. The Morgan fingerprint density at radius 1 is 1.21 bits per heavy atom. The average molecular weight is 394 g/mol. The average Bonchev–Trinajstić information content (AvgIpc) is 2.58. The van der Waals surface area contributed by atoms with Gasteiger partial charge in [0.2, 0.25) is 0 Å². The lowest BCUT2D eigenvalue weighted by Crippen LogP contribution is -2.04. The highest BCUT2D eigenvalue weighted by molar-refractivity contribution is 9.10. The Morgan fingerprint density at radius 3 is 2.67 bits per heavy atom. The van der Waals surface area contributed by atoms with Crippen LogP contribution in [0.25, 0.3) is 0 Å². The van der Waals surface area contributed by atoms with E-state index >= 15 is 0 Å². The second kappa shape index (κ2) is 8.59. The first-order valence-electron chi connectivity index (χ1n) is 7.48. The van der Waals surface area contributed by atoms with Crippen molar-refractivity contribution in [2.24, 2.45) is 0 Å². The summed E-state index contributed by atoms with van der Waals surface area (Å²) in [6, 6.07) is 11.5. The summed E-state index contributed by atoms with van der Waals surface area (Å²) < 4.78 is 11.6. The summed E-state index contributed by atoms with van der Waals surface area (Å²) in [5.74, 6) is 0.661. The van der Waals surface area contributed by atoms with E-state index in [0.29, 0.717) is 13.0 Å². The van der Waals surface area contributed by atoms with E-state index in [1.165, 1.54) is 0 Å². The van der Waals surface area contributed by atoms with Crippen molar-refractivity contribution in [2.75, 3.05) is 19.5 Å². The van der Waals surface area contributed by atoms with Gasteiger partial charge in [-0.25, -0.2) is 0 Å². The molecule has 24 heavy (non-hydrogen) atoms. The first kappa shape index (κ1) is 18.1. The van der Waals surface area contributed by atoms with Crippen molar-refractivity contribution >= 4 is 27.6 Å². The van der Waals surface area contributed by atoms with Crippen LogP contribution >= 0.6 is 15.9 Å². The van der Waals surface area contributed by atoms with Crippen molar-refractivity contribution in [2.45, 2.75) is 19.4 Å². The van der Waals surface area contributed by atoms with Crippen LogP contribution in [-0.2, 0) is 17.8 Å². The van der Waals surface area contributed by atoms with Crippen LogP contribution in [-0.4, -0.2) is 25.3 Å². The van der Waals surface area contributed by atoms with Crippen LogP contribution in [0.4, 0.5) is 5.69 Å². The van der Waals surface area contributed by atoms with E-state index in [2.05, 4.69) is 21.2 Å². The van der Waals surface area contributed by atoms with Gasteiger partial charge >= 0.3 is 5.97 Å². The van der Waals surface area contributed by atoms with E-state index in [-0.39, 0.29) is 6.42 Å². The molecule has 0 radical (unpaired) electrons. The van der Waals surface area contributed by atoms with Crippen LogP contribution in [0.3, 0.4) is 0 Å². The molecule has 128 valence electrons. The number of hydrogen-bond acceptors (Lipinski definition) is 4. The van der Waals surface area contributed by atoms with Gasteiger partial charge in [-0.15, -0.1) is 0 Å². The third-order valence-electron chi connectivity index (χ3n) is 3.61. The monoisotopic (exact) mass is 393 g/mol. The van der Waals surface area contributed by atoms with Crippen molar-refractivity contribution in [1.82, 2.24) is 0 Å². The van der Waals surface area contributed by atoms with Crippen LogP contribution < -0.4 is 14.8 Å². The zero-order chi connectivity index (χ0) is 17.5. The Balaban J connectivity index is 2.11. The van der Waals surface area contributed by atoms with Gasteiger partial charge in [-0.1, -0.05) is 28.1 Å². The maximum atomic E-state index is 10.7. The van der Waals surface area contributed by atoms with E-state index in [9.17, 15) is 4.79 Å². The number of carboxylic acid groups (broad SMARTS) is 1. The highest BCUT2D eigenvalue weighted by Crippen LogP contribution is 2.33. The first-order valence-corrected chi connectivity index (χ1v) is 8.27. The molecule has 0 aliphatic carbocycles. The minimum absolute atomic E-state index is 0.126. The van der Waals surface area contributed by atoms with Crippen LogP contribution in [0.2, 0.25) is 0 Å². The number of carbonyl (C=O) groups is 1. The number of rotatable bonds is 8. The van der Waals surface area contributed by atoms with Gasteiger partial charge in [-0.05, 0) is 30.2 Å². The lowest BCUT2D eigenvalue weighted by atomic mass is 10.1. The van der Waals surface area contributed by atoms with Crippen molar-refractivity contribution < 1.29 is 19.4 Å². The van der Waals surface area contributed by atoms with Gasteiger partial charge in [0, 0.05) is 34.8 Å². The minimum atomic E-state index is -0.791. The molecule has 0 saturated heterocycles. The minimum Gasteiger partial charge on any atom is -0.497 e. The quantitative estimate of drug-likeness (QED) is 0.706. The number of nitrogens with one attached hydrogen (secondary N) is 1. The molecule has 0 heterocycles. The van der Waals surface area contributed by atoms with Gasteiger partial charge < -0.3 is 19.9 Å². The van der Waals surface area contributed by atoms with Gasteiger partial charge in [-0.2, -0.15) is 0 Å². The Kier molecular flexibility index (Phi) is 6.49. The number of aryl methyl sites for hydroxylation is 1. The van der Waals surface area contributed by atoms with E-state index in [1.54, 1.807) is 14.2 Å². The zero-order valence-corrected chi connectivity index (χ0v) is 15.2. The summed E-state index contributed by atoms with van der Waals surface area (Å²) in [5.41, 5.74) is 2.90. The van der Waals surface area contributed by atoms with Crippen LogP contribution in [0, 0.1) is 0 Å². The van der Waals surface area contributed by atoms with Crippen LogP contribution in [0.15, 0.2) is 40.9 Å². The van der Waals surface area contributed by atoms with Crippen LogP contribution in [0.5, 0.6) is 11.5 Å². The van der Waals surface area contributed by atoms with Gasteiger partial charge in [0.25, 0.3) is 0 Å². The lowest BCUT2D eigenvalue weighted by molar-refractivity contribution is -0.136. The van der Waals surface area contributed by atoms with E-state index in [4.69, 9.17) is 14.6 Å². The molecule has 6 heteroatoms. The van der Waals surface area contributed by atoms with E-state index in [0.717, 1.165) is 32.8 Å². The summed E-state index contributed by atoms with van der Waals surface area (Å²) in [6.45, 7) is 0.566. The summed E-state index contributed by atoms with van der Waals surface area (Å²) in [4.78, 5) is 10.7. The fraction of sp³-hybridized carbons (Fsp3) is 0.278. The molecule has 0 fully saturated rings. The summed E-state index contributed by atoms with van der Waals surface area (Å²) in [7, 11) is 3.24. The van der Waals surface area contributed by atoms with Crippen molar-refractivity contribution in [1.29, 1.82) is 0 Å². The SMILES string of the molecule is COc1cc(Br)c(CNc2cccc(CCC(=O)O)c2)c(OC)c1.